The van der Waals surface area contributed by atoms with Crippen LogP contribution in [0.5, 0.6) is 0 Å². The summed E-state index contributed by atoms with van der Waals surface area (Å²) in [6.45, 7) is 0. The molecule has 4 aromatic carbocycles. The Bertz CT molecular complexity index is 3620. The summed E-state index contributed by atoms with van der Waals surface area (Å²) in [5, 5.41) is 0. The second kappa shape index (κ2) is 17.0. The van der Waals surface area contributed by atoms with Crippen molar-refractivity contribution in [3.8, 4) is 44.5 Å². The summed E-state index contributed by atoms with van der Waals surface area (Å²) < 4.78 is 135. The van der Waals surface area contributed by atoms with E-state index in [2.05, 4.69) is 9.97 Å². The molecular weight excluding hydrogens is 1060 g/mol. The van der Waals surface area contributed by atoms with Crippen LogP contribution < -0.4 is 0 Å². The first-order chi connectivity index (χ1) is 30.2. The average molecular weight is 1090 g/mol. The van der Waals surface area contributed by atoms with Gasteiger partial charge in [-0.3, -0.25) is 18.2 Å². The van der Waals surface area contributed by atoms with Crippen LogP contribution in [0.2, 0.25) is 0 Å². The normalized spacial score (nSPS) is 12.9. The number of nitrogens with one attached hydrogen (secondary N) is 2. The fourth-order valence-corrected chi connectivity index (χ4v) is 9.51. The largest absolute Gasteiger partial charge is 3.00 e. The summed E-state index contributed by atoms with van der Waals surface area (Å²) >= 11 is 0. The average Bonchev–Trinajstić information content (AvgIpc) is 4.08. The van der Waals surface area contributed by atoms with Gasteiger partial charge in [0.2, 0.25) is 0 Å². The summed E-state index contributed by atoms with van der Waals surface area (Å²) in [7, 11) is -18.2. The van der Waals surface area contributed by atoms with Gasteiger partial charge in [-0.25, -0.2) is 9.97 Å². The molecule has 16 nitrogen and oxygen atoms in total. The van der Waals surface area contributed by atoms with E-state index in [1.807, 2.05) is 0 Å². The minimum Gasteiger partial charge on any atom is -0.354 e. The van der Waals surface area contributed by atoms with Gasteiger partial charge < -0.3 is 9.97 Å². The van der Waals surface area contributed by atoms with Gasteiger partial charge in [0, 0.05) is 44.3 Å². The standard InChI is InChI=1S/C44H30N4O12S4.Gd/c49-61(50,51)29-9-1-25(2-10-29)41-33-17-19-35(45-33)42(26-3-11-30(12-4-26)62(52,53)54)37-21-23-39(47-37)44(28-7-15-32(16-8-28)64(58,59)60)40-24-22-38(48-40)43(36-20-18-34(41)46-36)27-5-13-31(14-6-27)63(55,56)57;/h1-24,45-46H,(H,49,50,51)(H,52,53,54)(H,55,56,57)(H,58,59,60);/q;+3. The minimum absolute atomic E-state index is 0. The van der Waals surface area contributed by atoms with Crippen LogP contribution in [-0.2, 0) is 40.5 Å². The molecule has 0 saturated carbocycles. The third-order valence-corrected chi connectivity index (χ3v) is 14.0. The smallest absolute Gasteiger partial charge is 0.354 e. The maximum absolute atomic E-state index is 12.0. The van der Waals surface area contributed by atoms with Gasteiger partial charge in [-0.05, 0) is 119 Å². The molecule has 0 fully saturated rings. The van der Waals surface area contributed by atoms with E-state index in [0.717, 1.165) is 0 Å². The van der Waals surface area contributed by atoms with Crippen molar-refractivity contribution in [2.24, 2.45) is 0 Å². The van der Waals surface area contributed by atoms with Gasteiger partial charge in [-0.2, -0.15) is 33.7 Å². The zero-order valence-electron chi connectivity index (χ0n) is 32.8. The number of rotatable bonds is 8. The SMILES string of the molecule is O=S(=O)(O)c1ccc(-c2c3nc(c(-c4ccc(S(=O)(=O)O)cc4)c4ccc([nH]4)c(-c4ccc(S(=O)(=O)O)cc4)c4ccc([nH]4)c(-c4ccc(S(=O)(=O)O)cc4)c4nc2C=C4)C=C3)cc1.[Gd+3]. The zero-order chi connectivity index (χ0) is 45.3. The molecule has 6 N–H and O–H groups in total. The second-order valence-corrected chi connectivity index (χ2v) is 20.2. The summed E-state index contributed by atoms with van der Waals surface area (Å²) in [6, 6.07) is 29.1. The third kappa shape index (κ3) is 9.18. The molecule has 0 saturated heterocycles. The van der Waals surface area contributed by atoms with Gasteiger partial charge in [0.15, 0.2) is 0 Å². The molecule has 1 radical (unpaired) electrons. The fourth-order valence-electron chi connectivity index (χ4n) is 7.59. The Morgan fingerprint density at radius 3 is 0.785 bits per heavy atom. The molecular formula is C44H30GdN4O12S4+3. The number of fused-ring (bicyclic) bond motifs is 8. The van der Waals surface area contributed by atoms with Crippen LogP contribution in [0.3, 0.4) is 0 Å². The molecule has 3 aromatic heterocycles. The van der Waals surface area contributed by atoms with Crippen LogP contribution in [0.4, 0.5) is 0 Å². The molecule has 5 heterocycles. The maximum atomic E-state index is 12.0. The van der Waals surface area contributed by atoms with E-state index in [1.165, 1.54) is 97.1 Å². The topological polar surface area (TPSA) is 275 Å². The number of aromatic nitrogens is 4. The predicted octanol–water partition coefficient (Wildman–Crippen LogP) is 8.31. The molecule has 65 heavy (non-hydrogen) atoms. The Kier molecular flexibility index (Phi) is 12.0. The van der Waals surface area contributed by atoms with Gasteiger partial charge in [0.05, 0.1) is 42.4 Å². The van der Waals surface area contributed by atoms with Gasteiger partial charge in [-0.15, -0.1) is 0 Å². The number of hydrogen-bond acceptors (Lipinski definition) is 10. The van der Waals surface area contributed by atoms with E-state index in [1.54, 1.807) is 48.6 Å². The van der Waals surface area contributed by atoms with Crippen molar-refractivity contribution in [3.05, 3.63) is 144 Å². The Morgan fingerprint density at radius 2 is 0.523 bits per heavy atom. The fraction of sp³-hybridized carbons (Fsp3) is 0. The summed E-state index contributed by atoms with van der Waals surface area (Å²) in [4.78, 5) is 15.6. The van der Waals surface area contributed by atoms with Crippen LogP contribution in [0.25, 0.3) is 90.9 Å². The molecule has 0 aliphatic carbocycles. The van der Waals surface area contributed by atoms with Crippen molar-refractivity contribution in [2.75, 3.05) is 0 Å². The van der Waals surface area contributed by atoms with E-state index < -0.39 is 40.5 Å². The van der Waals surface area contributed by atoms with Crippen molar-refractivity contribution in [3.63, 3.8) is 0 Å². The molecule has 21 heteroatoms. The summed E-state index contributed by atoms with van der Waals surface area (Å²) in [6.07, 6.45) is 6.88. The van der Waals surface area contributed by atoms with Gasteiger partial charge >= 0.3 is 39.9 Å². The predicted molar refractivity (Wildman–Crippen MR) is 240 cm³/mol. The number of nitrogens with zero attached hydrogens (tertiary/aromatic N) is 2. The van der Waals surface area contributed by atoms with Crippen LogP contribution in [0, 0.1) is 39.9 Å². The molecule has 0 amide bonds. The van der Waals surface area contributed by atoms with Crippen molar-refractivity contribution in [1.82, 2.24) is 19.9 Å². The van der Waals surface area contributed by atoms with E-state index in [4.69, 9.17) is 9.97 Å². The van der Waals surface area contributed by atoms with Gasteiger partial charge in [0.25, 0.3) is 40.5 Å². The summed E-state index contributed by atoms with van der Waals surface area (Å²) in [5.74, 6) is 0. The second-order valence-electron chi connectivity index (χ2n) is 14.5. The monoisotopic (exact) mass is 1090 g/mol. The zero-order valence-corrected chi connectivity index (χ0v) is 38.3. The molecule has 8 bridgehead atoms. The van der Waals surface area contributed by atoms with Crippen LogP contribution >= 0.6 is 0 Å². The molecule has 0 atom stereocenters. The Balaban J connectivity index is 0.00000576. The number of H-pyrrole nitrogens is 2. The molecule has 0 unspecified atom stereocenters. The Labute approximate surface area is 403 Å². The van der Waals surface area contributed by atoms with Crippen molar-refractivity contribution in [2.45, 2.75) is 19.6 Å². The van der Waals surface area contributed by atoms with Gasteiger partial charge in [-0.1, -0.05) is 48.5 Å². The van der Waals surface area contributed by atoms with Crippen LogP contribution in [-0.4, -0.2) is 71.8 Å². The Hall–Kier alpha value is -5.56. The van der Waals surface area contributed by atoms with Crippen LogP contribution in [0.15, 0.2) is 141 Å². The molecule has 0 spiro atoms. The van der Waals surface area contributed by atoms with Gasteiger partial charge in [0.1, 0.15) is 0 Å². The first kappa shape index (κ1) is 46.0. The van der Waals surface area contributed by atoms with E-state index >= 15 is 0 Å². The van der Waals surface area contributed by atoms with E-state index in [9.17, 15) is 51.9 Å². The maximum Gasteiger partial charge on any atom is 3.00 e. The third-order valence-electron chi connectivity index (χ3n) is 10.5. The molecule has 2 aliphatic rings. The van der Waals surface area contributed by atoms with Crippen molar-refractivity contribution >= 4 is 86.8 Å². The van der Waals surface area contributed by atoms with Crippen molar-refractivity contribution < 1.29 is 91.8 Å². The molecule has 2 aliphatic heterocycles. The molecule has 7 aromatic rings. The van der Waals surface area contributed by atoms with Crippen LogP contribution in [0.1, 0.15) is 22.8 Å². The quantitative estimate of drug-likeness (QED) is 0.0781. The number of benzene rings is 4. The first-order valence-electron chi connectivity index (χ1n) is 18.7. The minimum atomic E-state index is -4.55. The van der Waals surface area contributed by atoms with E-state index in [-0.39, 0.29) is 59.5 Å². The number of hydrogen-bond donors (Lipinski definition) is 6. The first-order valence-corrected chi connectivity index (χ1v) is 24.5. The van der Waals surface area contributed by atoms with E-state index in [0.29, 0.717) is 89.4 Å². The molecule has 9 rings (SSSR count). The molecule has 327 valence electrons. The summed E-state index contributed by atoms with van der Waals surface area (Å²) in [5.41, 5.74) is 7.41. The Morgan fingerprint density at radius 1 is 0.308 bits per heavy atom. The van der Waals surface area contributed by atoms with Crippen molar-refractivity contribution in [1.29, 1.82) is 0 Å². The number of aromatic amines is 2.